The molecule has 0 aromatic carbocycles. The van der Waals surface area contributed by atoms with E-state index >= 15 is 0 Å². The van der Waals surface area contributed by atoms with Crippen molar-refractivity contribution in [2.45, 2.75) is 20.4 Å². The standard InChI is InChI=1S/C17H22N6/c1-12-3-17(21-11-20-12)23-9-15-7-22(8-16(15)10-23)6-14-4-18-13(2)19-5-14/h3-5,11,15-16H,6-10H2,1-2H3. The molecule has 2 aromatic rings. The first-order valence-electron chi connectivity index (χ1n) is 8.21. The smallest absolute Gasteiger partial charge is 0.132 e. The van der Waals surface area contributed by atoms with Gasteiger partial charge in [-0.25, -0.2) is 19.9 Å². The Kier molecular flexibility index (Phi) is 3.69. The Morgan fingerprint density at radius 2 is 1.65 bits per heavy atom. The Balaban J connectivity index is 1.37. The van der Waals surface area contributed by atoms with Gasteiger partial charge in [-0.1, -0.05) is 0 Å². The lowest BCUT2D eigenvalue weighted by Crippen LogP contribution is -2.29. The van der Waals surface area contributed by atoms with E-state index < -0.39 is 0 Å². The highest BCUT2D eigenvalue weighted by molar-refractivity contribution is 5.40. The van der Waals surface area contributed by atoms with Crippen molar-refractivity contribution >= 4 is 5.82 Å². The molecule has 0 amide bonds. The first kappa shape index (κ1) is 14.5. The molecule has 0 saturated carbocycles. The first-order chi connectivity index (χ1) is 11.2. The molecule has 4 rings (SSSR count). The van der Waals surface area contributed by atoms with Crippen molar-refractivity contribution < 1.29 is 0 Å². The molecular weight excluding hydrogens is 288 g/mol. The molecule has 0 aliphatic carbocycles. The molecule has 23 heavy (non-hydrogen) atoms. The van der Waals surface area contributed by atoms with Crippen molar-refractivity contribution in [3.8, 4) is 0 Å². The summed E-state index contributed by atoms with van der Waals surface area (Å²) in [5.74, 6) is 3.38. The van der Waals surface area contributed by atoms with Crippen LogP contribution in [0.1, 0.15) is 17.1 Å². The maximum absolute atomic E-state index is 4.43. The third-order valence-electron chi connectivity index (χ3n) is 4.92. The molecule has 2 aromatic heterocycles. The van der Waals surface area contributed by atoms with Gasteiger partial charge in [-0.3, -0.25) is 4.90 Å². The van der Waals surface area contributed by atoms with E-state index in [-0.39, 0.29) is 0 Å². The summed E-state index contributed by atoms with van der Waals surface area (Å²) >= 11 is 0. The number of aromatic nitrogens is 4. The van der Waals surface area contributed by atoms with Crippen LogP contribution in [0, 0.1) is 25.7 Å². The lowest BCUT2D eigenvalue weighted by atomic mass is 10.0. The van der Waals surface area contributed by atoms with Gasteiger partial charge in [0.2, 0.25) is 0 Å². The normalized spacial score (nSPS) is 24.2. The third-order valence-corrected chi connectivity index (χ3v) is 4.92. The summed E-state index contributed by atoms with van der Waals surface area (Å²) in [6.07, 6.45) is 5.57. The number of fused-ring (bicyclic) bond motifs is 1. The average Bonchev–Trinajstić information content (AvgIpc) is 3.08. The predicted molar refractivity (Wildman–Crippen MR) is 88.0 cm³/mol. The molecule has 2 aliphatic rings. The molecule has 0 N–H and O–H groups in total. The van der Waals surface area contributed by atoms with Crippen molar-refractivity contribution in [3.63, 3.8) is 0 Å². The molecule has 2 saturated heterocycles. The van der Waals surface area contributed by atoms with E-state index in [0.717, 1.165) is 61.9 Å². The number of hydrogen-bond donors (Lipinski definition) is 0. The van der Waals surface area contributed by atoms with E-state index in [4.69, 9.17) is 0 Å². The topological polar surface area (TPSA) is 58.0 Å². The van der Waals surface area contributed by atoms with Crippen LogP contribution in [0.3, 0.4) is 0 Å². The van der Waals surface area contributed by atoms with Crippen LogP contribution in [-0.4, -0.2) is 51.0 Å². The van der Waals surface area contributed by atoms with Crippen LogP contribution in [0.25, 0.3) is 0 Å². The van der Waals surface area contributed by atoms with E-state index in [1.54, 1.807) is 6.33 Å². The van der Waals surface area contributed by atoms with E-state index in [0.29, 0.717) is 0 Å². The van der Waals surface area contributed by atoms with E-state index in [1.807, 2.05) is 26.2 Å². The first-order valence-corrected chi connectivity index (χ1v) is 8.21. The molecule has 6 heteroatoms. The SMILES string of the molecule is Cc1cc(N2CC3CN(Cc4cnc(C)nc4)CC3C2)ncn1. The minimum absolute atomic E-state index is 0.733. The van der Waals surface area contributed by atoms with Gasteiger partial charge in [-0.15, -0.1) is 0 Å². The summed E-state index contributed by atoms with van der Waals surface area (Å²) in [6.45, 7) is 9.41. The Hall–Kier alpha value is -2.08. The quantitative estimate of drug-likeness (QED) is 0.855. The van der Waals surface area contributed by atoms with Gasteiger partial charge < -0.3 is 4.90 Å². The van der Waals surface area contributed by atoms with Gasteiger partial charge >= 0.3 is 0 Å². The van der Waals surface area contributed by atoms with E-state index in [9.17, 15) is 0 Å². The molecule has 120 valence electrons. The monoisotopic (exact) mass is 310 g/mol. The molecule has 2 aliphatic heterocycles. The molecule has 6 nitrogen and oxygen atoms in total. The van der Waals surface area contributed by atoms with Crippen molar-refractivity contribution in [1.82, 2.24) is 24.8 Å². The predicted octanol–water partition coefficient (Wildman–Crippen LogP) is 1.45. The lowest BCUT2D eigenvalue weighted by molar-refractivity contribution is 0.308. The van der Waals surface area contributed by atoms with Gasteiger partial charge in [0.1, 0.15) is 18.0 Å². The number of anilines is 1. The number of nitrogens with zero attached hydrogens (tertiary/aromatic N) is 6. The van der Waals surface area contributed by atoms with E-state index in [1.165, 1.54) is 5.56 Å². The van der Waals surface area contributed by atoms with Gasteiger partial charge in [0, 0.05) is 62.4 Å². The Bertz CT molecular complexity index is 672. The molecule has 2 atom stereocenters. The van der Waals surface area contributed by atoms with Crippen molar-refractivity contribution in [1.29, 1.82) is 0 Å². The zero-order valence-corrected chi connectivity index (χ0v) is 13.7. The van der Waals surface area contributed by atoms with Crippen LogP contribution in [0.15, 0.2) is 24.8 Å². The van der Waals surface area contributed by atoms with Crippen molar-refractivity contribution in [2.75, 3.05) is 31.1 Å². The second-order valence-corrected chi connectivity index (χ2v) is 6.78. The molecule has 2 unspecified atom stereocenters. The summed E-state index contributed by atoms with van der Waals surface area (Å²) in [6, 6.07) is 2.09. The Morgan fingerprint density at radius 3 is 2.30 bits per heavy atom. The largest absolute Gasteiger partial charge is 0.356 e. The fourth-order valence-electron chi connectivity index (χ4n) is 3.78. The average molecular weight is 310 g/mol. The third kappa shape index (κ3) is 3.03. The molecule has 0 bridgehead atoms. The second-order valence-electron chi connectivity index (χ2n) is 6.78. The molecule has 2 fully saturated rings. The van der Waals surface area contributed by atoms with Gasteiger partial charge in [0.05, 0.1) is 0 Å². The van der Waals surface area contributed by atoms with Crippen LogP contribution in [0.5, 0.6) is 0 Å². The van der Waals surface area contributed by atoms with Crippen LogP contribution in [0.4, 0.5) is 5.82 Å². The Morgan fingerprint density at radius 1 is 0.957 bits per heavy atom. The number of aryl methyl sites for hydroxylation is 2. The highest BCUT2D eigenvalue weighted by Crippen LogP contribution is 2.33. The number of likely N-dealkylation sites (tertiary alicyclic amines) is 1. The van der Waals surface area contributed by atoms with Crippen LogP contribution >= 0.6 is 0 Å². The Labute approximate surface area is 136 Å². The minimum atomic E-state index is 0.733. The number of hydrogen-bond acceptors (Lipinski definition) is 6. The van der Waals surface area contributed by atoms with Gasteiger partial charge in [-0.2, -0.15) is 0 Å². The molecule has 0 radical (unpaired) electrons. The maximum Gasteiger partial charge on any atom is 0.132 e. The van der Waals surface area contributed by atoms with Crippen molar-refractivity contribution in [3.05, 3.63) is 41.9 Å². The van der Waals surface area contributed by atoms with E-state index in [2.05, 4.69) is 35.8 Å². The maximum atomic E-state index is 4.43. The zero-order chi connectivity index (χ0) is 15.8. The summed E-state index contributed by atoms with van der Waals surface area (Å²) in [5, 5.41) is 0. The summed E-state index contributed by atoms with van der Waals surface area (Å²) in [5.41, 5.74) is 2.24. The van der Waals surface area contributed by atoms with Crippen LogP contribution in [-0.2, 0) is 6.54 Å². The molecule has 0 spiro atoms. The molecular formula is C17H22N6. The zero-order valence-electron chi connectivity index (χ0n) is 13.7. The lowest BCUT2D eigenvalue weighted by Gasteiger charge is -2.22. The molecule has 4 heterocycles. The highest BCUT2D eigenvalue weighted by atomic mass is 15.3. The van der Waals surface area contributed by atoms with Crippen LogP contribution in [0.2, 0.25) is 0 Å². The fourth-order valence-corrected chi connectivity index (χ4v) is 3.78. The van der Waals surface area contributed by atoms with Gasteiger partial charge in [0.15, 0.2) is 0 Å². The van der Waals surface area contributed by atoms with Crippen molar-refractivity contribution in [2.24, 2.45) is 11.8 Å². The minimum Gasteiger partial charge on any atom is -0.356 e. The van der Waals surface area contributed by atoms with Gasteiger partial charge in [0.25, 0.3) is 0 Å². The van der Waals surface area contributed by atoms with Gasteiger partial charge in [-0.05, 0) is 25.7 Å². The second kappa shape index (κ2) is 5.85. The highest BCUT2D eigenvalue weighted by Gasteiger charge is 2.40. The summed E-state index contributed by atoms with van der Waals surface area (Å²) in [7, 11) is 0. The summed E-state index contributed by atoms with van der Waals surface area (Å²) in [4.78, 5) is 22.2. The number of rotatable bonds is 3. The summed E-state index contributed by atoms with van der Waals surface area (Å²) < 4.78 is 0. The van der Waals surface area contributed by atoms with Crippen LogP contribution < -0.4 is 4.90 Å². The fraction of sp³-hybridized carbons (Fsp3) is 0.529.